The van der Waals surface area contributed by atoms with Crippen LogP contribution in [0, 0.1) is 0 Å². The first-order chi connectivity index (χ1) is 9.04. The first kappa shape index (κ1) is 13.4. The molecule has 1 heterocycles. The highest BCUT2D eigenvalue weighted by Gasteiger charge is 2.40. The monoisotopic (exact) mass is 282 g/mol. The van der Waals surface area contributed by atoms with Gasteiger partial charge in [0.15, 0.2) is 12.4 Å². The van der Waals surface area contributed by atoms with Gasteiger partial charge in [-0.1, -0.05) is 12.1 Å². The molecule has 0 radical (unpaired) electrons. The van der Waals surface area contributed by atoms with Crippen LogP contribution in [0.1, 0.15) is 5.56 Å². The molecule has 7 heteroatoms. The average Bonchev–Trinajstić information content (AvgIpc) is 2.67. The number of imide groups is 1. The summed E-state index contributed by atoms with van der Waals surface area (Å²) < 4.78 is 5.00. The van der Waals surface area contributed by atoms with E-state index in [0.29, 0.717) is 11.5 Å². The third kappa shape index (κ3) is 3.72. The summed E-state index contributed by atoms with van der Waals surface area (Å²) in [5.41, 5.74) is 0.913. The highest BCUT2D eigenvalue weighted by molar-refractivity contribution is 8.11. The van der Waals surface area contributed by atoms with Crippen LogP contribution in [0.5, 0.6) is 5.75 Å². The molecular formula is C12H12NO5S+. The first-order valence-corrected chi connectivity index (χ1v) is 7.06. The fourth-order valence-electron chi connectivity index (χ4n) is 1.59. The van der Waals surface area contributed by atoms with Crippen molar-refractivity contribution < 1.29 is 24.2 Å². The Hall–Kier alpha value is -2.02. The number of ether oxygens (including phenoxy) is 1. The van der Waals surface area contributed by atoms with Crippen molar-refractivity contribution in [2.24, 2.45) is 0 Å². The van der Waals surface area contributed by atoms with Crippen molar-refractivity contribution >= 4 is 28.0 Å². The Morgan fingerprint density at radius 2 is 2.00 bits per heavy atom. The lowest BCUT2D eigenvalue weighted by molar-refractivity contribution is -0.139. The minimum atomic E-state index is -1.04. The molecule has 0 aliphatic carbocycles. The van der Waals surface area contributed by atoms with E-state index in [0.717, 1.165) is 5.56 Å². The van der Waals surface area contributed by atoms with Gasteiger partial charge in [0.05, 0.1) is 10.9 Å². The average molecular weight is 282 g/mol. The van der Waals surface area contributed by atoms with Gasteiger partial charge in [0.25, 0.3) is 5.91 Å². The summed E-state index contributed by atoms with van der Waals surface area (Å²) in [4.78, 5) is 32.8. The molecule has 1 aromatic rings. The standard InChI is InChI=1S/C12H11NO5S/c14-10-7-19(12(17)13-10)6-8-1-3-9(4-2-8)18-5-11(15)16/h1-4H,5-7H2,(H-,13,14,15,16,17)/p+1. The van der Waals surface area contributed by atoms with E-state index >= 15 is 0 Å². The number of carbonyl (C=O) groups is 3. The fraction of sp³-hybridized carbons (Fsp3) is 0.250. The van der Waals surface area contributed by atoms with Crippen LogP contribution in [-0.4, -0.2) is 34.6 Å². The molecule has 2 amide bonds. The van der Waals surface area contributed by atoms with Crippen LogP contribution in [-0.2, 0) is 26.2 Å². The number of benzene rings is 1. The number of amides is 2. The molecule has 1 saturated heterocycles. The Balaban J connectivity index is 1.93. The second-order valence-corrected chi connectivity index (χ2v) is 5.88. The van der Waals surface area contributed by atoms with Crippen LogP contribution < -0.4 is 10.1 Å². The quantitative estimate of drug-likeness (QED) is 0.768. The van der Waals surface area contributed by atoms with Crippen molar-refractivity contribution in [1.29, 1.82) is 0 Å². The molecular weight excluding hydrogens is 270 g/mol. The lowest BCUT2D eigenvalue weighted by atomic mass is 10.2. The Labute approximate surface area is 112 Å². The molecule has 1 aliphatic rings. The van der Waals surface area contributed by atoms with Crippen molar-refractivity contribution in [1.82, 2.24) is 5.32 Å². The predicted molar refractivity (Wildman–Crippen MR) is 69.0 cm³/mol. The van der Waals surface area contributed by atoms with E-state index in [1.54, 1.807) is 24.3 Å². The summed E-state index contributed by atoms with van der Waals surface area (Å²) in [6.07, 6.45) is 0. The largest absolute Gasteiger partial charge is 0.482 e. The normalized spacial score (nSPS) is 18.2. The lowest BCUT2D eigenvalue weighted by Crippen LogP contribution is -2.21. The van der Waals surface area contributed by atoms with E-state index in [-0.39, 0.29) is 23.5 Å². The summed E-state index contributed by atoms with van der Waals surface area (Å²) in [5, 5.41) is 10.5. The van der Waals surface area contributed by atoms with Crippen molar-refractivity contribution in [3.63, 3.8) is 0 Å². The van der Waals surface area contributed by atoms with Crippen molar-refractivity contribution in [2.75, 3.05) is 12.4 Å². The molecule has 2 rings (SSSR count). The van der Waals surface area contributed by atoms with Crippen molar-refractivity contribution in [2.45, 2.75) is 5.75 Å². The van der Waals surface area contributed by atoms with Gasteiger partial charge in [-0.05, 0) is 12.1 Å². The maximum atomic E-state index is 11.4. The number of hydrogen-bond donors (Lipinski definition) is 2. The van der Waals surface area contributed by atoms with Gasteiger partial charge in [0.2, 0.25) is 0 Å². The molecule has 1 fully saturated rings. The summed E-state index contributed by atoms with van der Waals surface area (Å²) >= 11 is 0. The maximum absolute atomic E-state index is 11.4. The number of carboxylic acids is 1. The van der Waals surface area contributed by atoms with Gasteiger partial charge < -0.3 is 9.84 Å². The molecule has 1 atom stereocenters. The number of rotatable bonds is 5. The Bertz CT molecular complexity index is 513. The van der Waals surface area contributed by atoms with E-state index in [1.807, 2.05) is 0 Å². The Kier molecular flexibility index (Phi) is 4.06. The van der Waals surface area contributed by atoms with Gasteiger partial charge in [0, 0.05) is 5.56 Å². The third-order valence-corrected chi connectivity index (χ3v) is 4.35. The van der Waals surface area contributed by atoms with Crippen LogP contribution in [0.15, 0.2) is 24.3 Å². The smallest absolute Gasteiger partial charge is 0.436 e. The number of nitrogens with one attached hydrogen (secondary N) is 1. The van der Waals surface area contributed by atoms with Gasteiger partial charge in [-0.25, -0.2) is 14.9 Å². The fourth-order valence-corrected chi connectivity index (χ4v) is 3.20. The van der Waals surface area contributed by atoms with Gasteiger partial charge >= 0.3 is 11.2 Å². The Morgan fingerprint density at radius 3 is 2.53 bits per heavy atom. The van der Waals surface area contributed by atoms with Crippen molar-refractivity contribution in [3.8, 4) is 5.75 Å². The summed E-state index contributed by atoms with van der Waals surface area (Å²) in [6.45, 7) is -0.388. The minimum Gasteiger partial charge on any atom is -0.482 e. The van der Waals surface area contributed by atoms with Crippen LogP contribution >= 0.6 is 0 Å². The van der Waals surface area contributed by atoms with Gasteiger partial charge in [-0.15, -0.1) is 0 Å². The van der Waals surface area contributed by atoms with Crippen molar-refractivity contribution in [3.05, 3.63) is 29.8 Å². The number of carboxylic acid groups (broad SMARTS) is 1. The molecule has 0 bridgehead atoms. The zero-order chi connectivity index (χ0) is 13.8. The second-order valence-electron chi connectivity index (χ2n) is 3.94. The van der Waals surface area contributed by atoms with Crippen LogP contribution in [0.4, 0.5) is 4.79 Å². The molecule has 0 aromatic heterocycles. The number of aliphatic carboxylic acids is 1. The van der Waals surface area contributed by atoms with E-state index in [9.17, 15) is 14.4 Å². The lowest BCUT2D eigenvalue weighted by Gasteiger charge is -2.03. The zero-order valence-electron chi connectivity index (χ0n) is 9.92. The van der Waals surface area contributed by atoms with Gasteiger partial charge in [0.1, 0.15) is 11.5 Å². The van der Waals surface area contributed by atoms with Gasteiger partial charge in [-0.2, -0.15) is 0 Å². The molecule has 19 heavy (non-hydrogen) atoms. The molecule has 0 saturated carbocycles. The summed E-state index contributed by atoms with van der Waals surface area (Å²) in [5.74, 6) is -0.0461. The SMILES string of the molecule is O=C(O)COc1ccc(C[S+]2CC(=O)NC2=O)cc1. The predicted octanol–water partition coefficient (Wildman–Crippen LogP) is 0.518. The topological polar surface area (TPSA) is 92.7 Å². The third-order valence-electron chi connectivity index (χ3n) is 2.44. The van der Waals surface area contributed by atoms with E-state index in [4.69, 9.17) is 9.84 Å². The van der Waals surface area contributed by atoms with E-state index in [1.165, 1.54) is 0 Å². The van der Waals surface area contributed by atoms with Crippen LogP contribution in [0.3, 0.4) is 0 Å². The molecule has 1 aliphatic heterocycles. The summed E-state index contributed by atoms with van der Waals surface area (Å²) in [7, 11) is -0.605. The molecule has 100 valence electrons. The second kappa shape index (κ2) is 5.75. The highest BCUT2D eigenvalue weighted by atomic mass is 32.2. The maximum Gasteiger partial charge on any atom is 0.436 e. The number of carbonyl (C=O) groups excluding carboxylic acids is 2. The number of hydrogen-bond acceptors (Lipinski definition) is 4. The zero-order valence-corrected chi connectivity index (χ0v) is 10.7. The molecule has 0 spiro atoms. The van der Waals surface area contributed by atoms with E-state index < -0.39 is 16.9 Å². The molecule has 1 aromatic carbocycles. The molecule has 1 unspecified atom stereocenters. The molecule has 6 nitrogen and oxygen atoms in total. The van der Waals surface area contributed by atoms with Crippen LogP contribution in [0.2, 0.25) is 0 Å². The van der Waals surface area contributed by atoms with E-state index in [2.05, 4.69) is 5.32 Å². The minimum absolute atomic E-state index is 0.212. The Morgan fingerprint density at radius 1 is 1.32 bits per heavy atom. The molecule has 2 N–H and O–H groups in total. The highest BCUT2D eigenvalue weighted by Crippen LogP contribution is 2.17. The summed E-state index contributed by atoms with van der Waals surface area (Å²) in [6, 6.07) is 6.83. The van der Waals surface area contributed by atoms with Gasteiger partial charge in [-0.3, -0.25) is 4.79 Å². The first-order valence-electron chi connectivity index (χ1n) is 5.49. The van der Waals surface area contributed by atoms with Crippen LogP contribution in [0.25, 0.3) is 0 Å².